The molecule has 18 heavy (non-hydrogen) atoms. The number of nitrogens with one attached hydrogen (secondary N) is 1. The van der Waals surface area contributed by atoms with Gasteiger partial charge in [-0.1, -0.05) is 44.2 Å². The normalized spacial score (nSPS) is 16.7. The average molecular weight is 247 g/mol. The quantitative estimate of drug-likeness (QED) is 0.773. The topological polar surface area (TPSA) is 21.3 Å². The summed E-state index contributed by atoms with van der Waals surface area (Å²) in [6, 6.07) is 8.30. The van der Waals surface area contributed by atoms with E-state index in [1.165, 1.54) is 44.1 Å². The van der Waals surface area contributed by atoms with Crippen LogP contribution in [0.15, 0.2) is 24.3 Å². The zero-order chi connectivity index (χ0) is 12.6. The Morgan fingerprint density at radius 1 is 1.22 bits per heavy atom. The molecule has 2 rings (SSSR count). The first-order chi connectivity index (χ1) is 8.88. The zero-order valence-electron chi connectivity index (χ0n) is 11.5. The molecule has 1 aliphatic carbocycles. The molecule has 1 saturated carbocycles. The van der Waals surface area contributed by atoms with Crippen molar-refractivity contribution in [1.82, 2.24) is 5.32 Å². The summed E-state index contributed by atoms with van der Waals surface area (Å²) in [5, 5.41) is 3.54. The van der Waals surface area contributed by atoms with Crippen molar-refractivity contribution in [3.63, 3.8) is 0 Å². The Labute approximate surface area is 111 Å². The van der Waals surface area contributed by atoms with Gasteiger partial charge in [0.05, 0.1) is 7.11 Å². The van der Waals surface area contributed by atoms with E-state index in [-0.39, 0.29) is 0 Å². The van der Waals surface area contributed by atoms with E-state index in [0.29, 0.717) is 0 Å². The van der Waals surface area contributed by atoms with Crippen LogP contribution < -0.4 is 10.1 Å². The van der Waals surface area contributed by atoms with E-state index >= 15 is 0 Å². The SMILES string of the molecule is COc1cccc(CNCCC2CCCCC2)c1. The number of methoxy groups -OCH3 is 1. The molecule has 0 saturated heterocycles. The molecular formula is C16H25NO. The summed E-state index contributed by atoms with van der Waals surface area (Å²) in [6.45, 7) is 2.09. The Balaban J connectivity index is 1.65. The summed E-state index contributed by atoms with van der Waals surface area (Å²) < 4.78 is 5.23. The van der Waals surface area contributed by atoms with Crippen molar-refractivity contribution in [2.45, 2.75) is 45.1 Å². The van der Waals surface area contributed by atoms with Gasteiger partial charge in [-0.15, -0.1) is 0 Å². The first-order valence-electron chi connectivity index (χ1n) is 7.22. The van der Waals surface area contributed by atoms with Crippen molar-refractivity contribution in [3.8, 4) is 5.75 Å². The minimum absolute atomic E-state index is 0.946. The van der Waals surface area contributed by atoms with Crippen LogP contribution in [0.2, 0.25) is 0 Å². The number of rotatable bonds is 6. The first-order valence-corrected chi connectivity index (χ1v) is 7.22. The van der Waals surface area contributed by atoms with Gasteiger partial charge in [0.1, 0.15) is 5.75 Å². The maximum atomic E-state index is 5.23. The summed E-state index contributed by atoms with van der Waals surface area (Å²) in [6.07, 6.45) is 8.57. The smallest absolute Gasteiger partial charge is 0.119 e. The van der Waals surface area contributed by atoms with Crippen molar-refractivity contribution in [1.29, 1.82) is 0 Å². The van der Waals surface area contributed by atoms with Gasteiger partial charge in [0.25, 0.3) is 0 Å². The fourth-order valence-corrected chi connectivity index (χ4v) is 2.80. The van der Waals surface area contributed by atoms with Gasteiger partial charge in [0.15, 0.2) is 0 Å². The maximum Gasteiger partial charge on any atom is 0.119 e. The molecule has 1 N–H and O–H groups in total. The molecule has 0 aromatic heterocycles. The summed E-state index contributed by atoms with van der Waals surface area (Å²) in [5.74, 6) is 1.91. The van der Waals surface area contributed by atoms with E-state index in [2.05, 4.69) is 23.5 Å². The molecule has 0 aliphatic heterocycles. The molecule has 2 heteroatoms. The van der Waals surface area contributed by atoms with Gasteiger partial charge in [-0.25, -0.2) is 0 Å². The lowest BCUT2D eigenvalue weighted by Crippen LogP contribution is -2.19. The minimum atomic E-state index is 0.946. The number of hydrogen-bond donors (Lipinski definition) is 1. The molecule has 0 bridgehead atoms. The molecule has 1 fully saturated rings. The minimum Gasteiger partial charge on any atom is -0.497 e. The van der Waals surface area contributed by atoms with E-state index in [4.69, 9.17) is 4.74 Å². The predicted molar refractivity (Wildman–Crippen MR) is 75.9 cm³/mol. The Hall–Kier alpha value is -1.02. The third kappa shape index (κ3) is 4.34. The zero-order valence-corrected chi connectivity index (χ0v) is 11.5. The standard InChI is InChI=1S/C16H25NO/c1-18-16-9-5-8-15(12-16)13-17-11-10-14-6-3-2-4-7-14/h5,8-9,12,14,17H,2-4,6-7,10-11,13H2,1H3. The van der Waals surface area contributed by atoms with Gasteiger partial charge in [-0.3, -0.25) is 0 Å². The second-order valence-electron chi connectivity index (χ2n) is 5.32. The lowest BCUT2D eigenvalue weighted by Gasteiger charge is -2.21. The molecule has 0 unspecified atom stereocenters. The molecule has 2 nitrogen and oxygen atoms in total. The molecule has 0 atom stereocenters. The third-order valence-corrected chi connectivity index (χ3v) is 3.92. The number of benzene rings is 1. The van der Waals surface area contributed by atoms with E-state index in [0.717, 1.165) is 24.8 Å². The van der Waals surface area contributed by atoms with Crippen molar-refractivity contribution in [3.05, 3.63) is 29.8 Å². The van der Waals surface area contributed by atoms with Gasteiger partial charge in [-0.05, 0) is 36.6 Å². The molecule has 0 amide bonds. The lowest BCUT2D eigenvalue weighted by molar-refractivity contribution is 0.334. The highest BCUT2D eigenvalue weighted by molar-refractivity contribution is 5.28. The van der Waals surface area contributed by atoms with Crippen LogP contribution in [0.1, 0.15) is 44.1 Å². The molecular weight excluding hydrogens is 222 g/mol. The number of hydrogen-bond acceptors (Lipinski definition) is 2. The molecule has 0 radical (unpaired) electrons. The van der Waals surface area contributed by atoms with Gasteiger partial charge in [0.2, 0.25) is 0 Å². The van der Waals surface area contributed by atoms with E-state index in [1.54, 1.807) is 7.11 Å². The third-order valence-electron chi connectivity index (χ3n) is 3.92. The van der Waals surface area contributed by atoms with Crippen LogP contribution in [-0.2, 0) is 6.54 Å². The first kappa shape index (κ1) is 13.4. The molecule has 1 aromatic rings. The van der Waals surface area contributed by atoms with Crippen LogP contribution in [0.25, 0.3) is 0 Å². The fraction of sp³-hybridized carbons (Fsp3) is 0.625. The average Bonchev–Trinajstić information content (AvgIpc) is 2.45. The van der Waals surface area contributed by atoms with E-state index in [1.807, 2.05) is 6.07 Å². The van der Waals surface area contributed by atoms with Gasteiger partial charge in [0, 0.05) is 6.54 Å². The highest BCUT2D eigenvalue weighted by Crippen LogP contribution is 2.25. The Morgan fingerprint density at radius 2 is 2.06 bits per heavy atom. The molecule has 1 aliphatic rings. The molecule has 1 aromatic carbocycles. The van der Waals surface area contributed by atoms with E-state index in [9.17, 15) is 0 Å². The predicted octanol–water partition coefficient (Wildman–Crippen LogP) is 3.76. The summed E-state index contributed by atoms with van der Waals surface area (Å²) in [7, 11) is 1.72. The monoisotopic (exact) mass is 247 g/mol. The summed E-state index contributed by atoms with van der Waals surface area (Å²) in [5.41, 5.74) is 1.30. The maximum absolute atomic E-state index is 5.23. The Bertz CT molecular complexity index is 345. The highest BCUT2D eigenvalue weighted by Gasteiger charge is 2.12. The number of ether oxygens (including phenoxy) is 1. The van der Waals surface area contributed by atoms with Crippen LogP contribution >= 0.6 is 0 Å². The molecule has 100 valence electrons. The van der Waals surface area contributed by atoms with Crippen LogP contribution in [0.4, 0.5) is 0 Å². The Morgan fingerprint density at radius 3 is 2.83 bits per heavy atom. The lowest BCUT2D eigenvalue weighted by atomic mass is 9.87. The molecule has 0 spiro atoms. The van der Waals surface area contributed by atoms with Gasteiger partial charge >= 0.3 is 0 Å². The van der Waals surface area contributed by atoms with E-state index < -0.39 is 0 Å². The highest BCUT2D eigenvalue weighted by atomic mass is 16.5. The van der Waals surface area contributed by atoms with Crippen molar-refractivity contribution >= 4 is 0 Å². The van der Waals surface area contributed by atoms with Crippen LogP contribution in [0, 0.1) is 5.92 Å². The van der Waals surface area contributed by atoms with Crippen LogP contribution in [0.5, 0.6) is 5.75 Å². The summed E-state index contributed by atoms with van der Waals surface area (Å²) >= 11 is 0. The fourth-order valence-electron chi connectivity index (χ4n) is 2.80. The Kier molecular flexibility index (Phi) is 5.53. The summed E-state index contributed by atoms with van der Waals surface area (Å²) in [4.78, 5) is 0. The molecule has 0 heterocycles. The second kappa shape index (κ2) is 7.42. The van der Waals surface area contributed by atoms with Crippen molar-refractivity contribution in [2.75, 3.05) is 13.7 Å². The second-order valence-corrected chi connectivity index (χ2v) is 5.32. The largest absolute Gasteiger partial charge is 0.497 e. The van der Waals surface area contributed by atoms with Crippen LogP contribution in [0.3, 0.4) is 0 Å². The van der Waals surface area contributed by atoms with Gasteiger partial charge < -0.3 is 10.1 Å². The van der Waals surface area contributed by atoms with Crippen LogP contribution in [-0.4, -0.2) is 13.7 Å². The van der Waals surface area contributed by atoms with Gasteiger partial charge in [-0.2, -0.15) is 0 Å². The van der Waals surface area contributed by atoms with Crippen molar-refractivity contribution in [2.24, 2.45) is 5.92 Å². The van der Waals surface area contributed by atoms with Crippen molar-refractivity contribution < 1.29 is 4.74 Å².